The van der Waals surface area contributed by atoms with Gasteiger partial charge < -0.3 is 9.84 Å². The minimum absolute atomic E-state index is 0.188. The van der Waals surface area contributed by atoms with Crippen LogP contribution >= 0.6 is 0 Å². The van der Waals surface area contributed by atoms with Crippen LogP contribution in [0.1, 0.15) is 90.2 Å². The number of phenols is 1. The summed E-state index contributed by atoms with van der Waals surface area (Å²) in [6, 6.07) is 4.21. The van der Waals surface area contributed by atoms with Crippen LogP contribution in [0.4, 0.5) is 0 Å². The van der Waals surface area contributed by atoms with Gasteiger partial charge in [-0.25, -0.2) is 0 Å². The Bertz CT molecular complexity index is 671. The molecule has 1 aromatic carbocycles. The highest BCUT2D eigenvalue weighted by molar-refractivity contribution is 5.52. The molecule has 0 fully saturated rings. The summed E-state index contributed by atoms with van der Waals surface area (Å²) in [4.78, 5) is 0. The lowest BCUT2D eigenvalue weighted by atomic mass is 9.67. The third-order valence-electron chi connectivity index (χ3n) is 6.45. The third-order valence-corrected chi connectivity index (χ3v) is 6.45. The number of hydrogen-bond donors (Lipinski definition) is 1. The summed E-state index contributed by atoms with van der Waals surface area (Å²) in [5.74, 6) is 2.81. The Kier molecular flexibility index (Phi) is 5.69. The van der Waals surface area contributed by atoms with Crippen LogP contribution in [0, 0.1) is 11.8 Å². The molecule has 1 heterocycles. The molecule has 3 rings (SSSR count). The first kappa shape index (κ1) is 19.3. The molecule has 0 unspecified atom stereocenters. The molecular weight excluding hydrogens is 320 g/mol. The molecular formula is C24H36O2. The standard InChI is InChI=1S/C24H36O2/c1-6-7-8-9-16(2)12-18-14-21(25)23-19-13-17(3)10-11-20(19)24(4,5)26-22(23)15-18/h10,14-16,19-20,25H,6-9,11-13H2,1-5H3/t16-,19+,20+/m0/s1. The number of ether oxygens (including phenoxy) is 1. The molecule has 0 saturated heterocycles. The van der Waals surface area contributed by atoms with E-state index in [4.69, 9.17) is 4.74 Å². The molecule has 144 valence electrons. The van der Waals surface area contributed by atoms with Gasteiger partial charge in [-0.15, -0.1) is 0 Å². The van der Waals surface area contributed by atoms with E-state index >= 15 is 0 Å². The molecule has 0 bridgehead atoms. The molecule has 0 spiro atoms. The Hall–Kier alpha value is -1.44. The lowest BCUT2D eigenvalue weighted by Gasteiger charge is -2.47. The number of phenolic OH excluding ortho intramolecular Hbond substituents is 1. The van der Waals surface area contributed by atoms with Gasteiger partial charge in [0.2, 0.25) is 0 Å². The zero-order chi connectivity index (χ0) is 18.9. The molecule has 26 heavy (non-hydrogen) atoms. The Morgan fingerprint density at radius 1 is 1.27 bits per heavy atom. The maximum atomic E-state index is 10.9. The maximum absolute atomic E-state index is 10.9. The van der Waals surface area contributed by atoms with Crippen molar-refractivity contribution in [2.75, 3.05) is 0 Å². The molecule has 2 nitrogen and oxygen atoms in total. The minimum atomic E-state index is -0.188. The molecule has 1 aliphatic carbocycles. The van der Waals surface area contributed by atoms with Gasteiger partial charge in [0.15, 0.2) is 0 Å². The van der Waals surface area contributed by atoms with E-state index in [1.807, 2.05) is 6.07 Å². The first-order valence-corrected chi connectivity index (χ1v) is 10.5. The predicted octanol–water partition coefficient (Wildman–Crippen LogP) is 6.76. The fourth-order valence-corrected chi connectivity index (χ4v) is 4.99. The van der Waals surface area contributed by atoms with Gasteiger partial charge in [-0.3, -0.25) is 0 Å². The molecule has 1 aromatic rings. The van der Waals surface area contributed by atoms with E-state index in [9.17, 15) is 5.11 Å². The summed E-state index contributed by atoms with van der Waals surface area (Å²) in [6.45, 7) is 11.2. The second kappa shape index (κ2) is 7.66. The molecule has 0 saturated carbocycles. The topological polar surface area (TPSA) is 29.5 Å². The Labute approximate surface area is 159 Å². The smallest absolute Gasteiger partial charge is 0.127 e. The van der Waals surface area contributed by atoms with Crippen molar-refractivity contribution in [3.63, 3.8) is 0 Å². The van der Waals surface area contributed by atoms with Gasteiger partial charge in [0.1, 0.15) is 17.1 Å². The molecule has 2 aliphatic rings. The highest BCUT2D eigenvalue weighted by atomic mass is 16.5. The van der Waals surface area contributed by atoms with E-state index in [0.717, 1.165) is 30.6 Å². The number of fused-ring (bicyclic) bond motifs is 3. The molecule has 1 N–H and O–H groups in total. The highest BCUT2D eigenvalue weighted by Crippen LogP contribution is 2.54. The Morgan fingerprint density at radius 3 is 2.77 bits per heavy atom. The van der Waals surface area contributed by atoms with Crippen molar-refractivity contribution in [1.29, 1.82) is 0 Å². The fourth-order valence-electron chi connectivity index (χ4n) is 4.99. The van der Waals surface area contributed by atoms with Gasteiger partial charge in [0.05, 0.1) is 0 Å². The van der Waals surface area contributed by atoms with Crippen LogP contribution < -0.4 is 4.74 Å². The van der Waals surface area contributed by atoms with Crippen molar-refractivity contribution in [2.45, 2.75) is 91.1 Å². The lowest BCUT2D eigenvalue weighted by Crippen LogP contribution is -2.45. The SMILES string of the molecule is CCCCC[C@H](C)Cc1cc(O)c2c(c1)OC(C)(C)[C@@H]1CC=C(C)C[C@@H]21. The second-order valence-electron chi connectivity index (χ2n) is 9.24. The van der Waals surface area contributed by atoms with Crippen molar-refractivity contribution in [3.8, 4) is 11.5 Å². The van der Waals surface area contributed by atoms with Crippen LogP contribution in [0.2, 0.25) is 0 Å². The van der Waals surface area contributed by atoms with Gasteiger partial charge in [0.25, 0.3) is 0 Å². The summed E-state index contributed by atoms with van der Waals surface area (Å²) < 4.78 is 6.44. The van der Waals surface area contributed by atoms with E-state index in [0.29, 0.717) is 23.5 Å². The fraction of sp³-hybridized carbons (Fsp3) is 0.667. The van der Waals surface area contributed by atoms with Crippen molar-refractivity contribution < 1.29 is 9.84 Å². The molecule has 0 radical (unpaired) electrons. The average molecular weight is 357 g/mol. The summed E-state index contributed by atoms with van der Waals surface area (Å²) in [7, 11) is 0. The average Bonchev–Trinajstić information content (AvgIpc) is 2.53. The molecule has 0 aromatic heterocycles. The number of rotatable bonds is 6. The van der Waals surface area contributed by atoms with Gasteiger partial charge in [0, 0.05) is 17.4 Å². The van der Waals surface area contributed by atoms with Crippen LogP contribution in [0.25, 0.3) is 0 Å². The summed E-state index contributed by atoms with van der Waals surface area (Å²) >= 11 is 0. The number of allylic oxidation sites excluding steroid dienone is 2. The van der Waals surface area contributed by atoms with Gasteiger partial charge in [-0.1, -0.05) is 51.2 Å². The van der Waals surface area contributed by atoms with Gasteiger partial charge in [-0.2, -0.15) is 0 Å². The van der Waals surface area contributed by atoms with Crippen molar-refractivity contribution in [2.24, 2.45) is 11.8 Å². The minimum Gasteiger partial charge on any atom is -0.508 e. The van der Waals surface area contributed by atoms with Crippen LogP contribution in [0.3, 0.4) is 0 Å². The number of aromatic hydroxyl groups is 1. The normalized spacial score (nSPS) is 24.9. The highest BCUT2D eigenvalue weighted by Gasteiger charge is 2.45. The zero-order valence-corrected chi connectivity index (χ0v) is 17.3. The number of hydrogen-bond acceptors (Lipinski definition) is 2. The lowest BCUT2D eigenvalue weighted by molar-refractivity contribution is 0.00751. The quantitative estimate of drug-likeness (QED) is 0.450. The monoisotopic (exact) mass is 356 g/mol. The van der Waals surface area contributed by atoms with E-state index in [1.54, 1.807) is 0 Å². The Balaban J connectivity index is 1.85. The number of unbranched alkanes of at least 4 members (excludes halogenated alkanes) is 2. The first-order valence-electron chi connectivity index (χ1n) is 10.5. The van der Waals surface area contributed by atoms with Crippen LogP contribution in [-0.2, 0) is 6.42 Å². The zero-order valence-electron chi connectivity index (χ0n) is 17.3. The molecule has 0 amide bonds. The number of benzene rings is 1. The van der Waals surface area contributed by atoms with E-state index < -0.39 is 0 Å². The molecule has 1 aliphatic heterocycles. The maximum Gasteiger partial charge on any atom is 0.127 e. The molecule has 3 atom stereocenters. The van der Waals surface area contributed by atoms with Gasteiger partial charge in [-0.05, 0) is 63.6 Å². The van der Waals surface area contributed by atoms with E-state index in [-0.39, 0.29) is 5.60 Å². The summed E-state index contributed by atoms with van der Waals surface area (Å²) in [5.41, 5.74) is 3.50. The Morgan fingerprint density at radius 2 is 2.04 bits per heavy atom. The second-order valence-corrected chi connectivity index (χ2v) is 9.24. The first-order chi connectivity index (χ1) is 12.3. The van der Waals surface area contributed by atoms with E-state index in [2.05, 4.69) is 46.8 Å². The van der Waals surface area contributed by atoms with Crippen molar-refractivity contribution in [3.05, 3.63) is 34.9 Å². The van der Waals surface area contributed by atoms with Crippen LogP contribution in [0.15, 0.2) is 23.8 Å². The van der Waals surface area contributed by atoms with Crippen molar-refractivity contribution in [1.82, 2.24) is 0 Å². The molecule has 2 heteroatoms. The summed E-state index contributed by atoms with van der Waals surface area (Å²) in [6.07, 6.45) is 10.6. The van der Waals surface area contributed by atoms with Crippen LogP contribution in [0.5, 0.6) is 11.5 Å². The van der Waals surface area contributed by atoms with Crippen molar-refractivity contribution >= 4 is 0 Å². The van der Waals surface area contributed by atoms with E-state index in [1.165, 1.54) is 36.8 Å². The third kappa shape index (κ3) is 3.94. The summed E-state index contributed by atoms with van der Waals surface area (Å²) in [5, 5.41) is 10.9. The van der Waals surface area contributed by atoms with Gasteiger partial charge >= 0.3 is 0 Å². The largest absolute Gasteiger partial charge is 0.508 e. The predicted molar refractivity (Wildman–Crippen MR) is 109 cm³/mol. The van der Waals surface area contributed by atoms with Crippen LogP contribution in [-0.4, -0.2) is 10.7 Å².